The van der Waals surface area contributed by atoms with Crippen molar-refractivity contribution in [3.63, 3.8) is 0 Å². The standard InChI is InChI=1S/C7H7Cl2N/c8-6-1-5(4-10)2-7(9)3-6/h1-3H,4,10H2/i1+1,2+1,3+1,5+1,6+1,7+1. The van der Waals surface area contributed by atoms with Crippen LogP contribution in [0.5, 0.6) is 0 Å². The fraction of sp³-hybridized carbons (Fsp3) is 0.143. The molecule has 10 heavy (non-hydrogen) atoms. The summed E-state index contributed by atoms with van der Waals surface area (Å²) in [6.07, 6.45) is 0. The molecule has 0 aliphatic rings. The summed E-state index contributed by atoms with van der Waals surface area (Å²) in [5.41, 5.74) is 6.33. The van der Waals surface area contributed by atoms with E-state index in [1.807, 2.05) is 0 Å². The summed E-state index contributed by atoms with van der Waals surface area (Å²) >= 11 is 11.4. The van der Waals surface area contributed by atoms with E-state index in [1.54, 1.807) is 18.2 Å². The number of halogens is 2. The van der Waals surface area contributed by atoms with Crippen molar-refractivity contribution in [1.29, 1.82) is 0 Å². The van der Waals surface area contributed by atoms with Gasteiger partial charge in [0.05, 0.1) is 0 Å². The van der Waals surface area contributed by atoms with Gasteiger partial charge in [0.1, 0.15) is 0 Å². The molecular weight excluding hydrogens is 175 g/mol. The van der Waals surface area contributed by atoms with Crippen molar-refractivity contribution < 1.29 is 0 Å². The third-order valence-corrected chi connectivity index (χ3v) is 1.59. The molecule has 0 bridgehead atoms. The molecule has 1 aromatic rings. The zero-order valence-corrected chi connectivity index (χ0v) is 6.78. The van der Waals surface area contributed by atoms with E-state index < -0.39 is 0 Å². The van der Waals surface area contributed by atoms with Gasteiger partial charge in [-0.15, -0.1) is 0 Å². The Labute approximate surface area is 69.7 Å². The molecule has 0 atom stereocenters. The highest BCUT2D eigenvalue weighted by Crippen LogP contribution is 2.18. The Morgan fingerprint density at radius 1 is 1.10 bits per heavy atom. The first-order chi connectivity index (χ1) is 4.72. The fourth-order valence-corrected chi connectivity index (χ4v) is 1.30. The molecule has 0 spiro atoms. The normalized spacial score (nSPS) is 9.90. The minimum absolute atomic E-state index is 0.472. The van der Waals surface area contributed by atoms with Gasteiger partial charge in [-0.05, 0) is 23.8 Å². The predicted molar refractivity (Wildman–Crippen MR) is 44.4 cm³/mol. The molecule has 1 nitrogen and oxygen atoms in total. The van der Waals surface area contributed by atoms with E-state index in [4.69, 9.17) is 28.9 Å². The van der Waals surface area contributed by atoms with Crippen molar-refractivity contribution in [3.05, 3.63) is 33.8 Å². The van der Waals surface area contributed by atoms with Gasteiger partial charge in [0.2, 0.25) is 0 Å². The van der Waals surface area contributed by atoms with E-state index in [9.17, 15) is 0 Å². The average Bonchev–Trinajstić information content (AvgIpc) is 1.85. The number of rotatable bonds is 1. The van der Waals surface area contributed by atoms with E-state index in [1.165, 1.54) is 0 Å². The van der Waals surface area contributed by atoms with Crippen LogP contribution in [0.3, 0.4) is 0 Å². The van der Waals surface area contributed by atoms with E-state index in [0.29, 0.717) is 16.6 Å². The van der Waals surface area contributed by atoms with Gasteiger partial charge in [0.15, 0.2) is 0 Å². The van der Waals surface area contributed by atoms with E-state index in [2.05, 4.69) is 0 Å². The van der Waals surface area contributed by atoms with Crippen LogP contribution in [0.1, 0.15) is 5.56 Å². The van der Waals surface area contributed by atoms with E-state index in [0.717, 1.165) is 5.56 Å². The lowest BCUT2D eigenvalue weighted by Gasteiger charge is -1.97. The number of nitrogens with two attached hydrogens (primary N) is 1. The summed E-state index contributed by atoms with van der Waals surface area (Å²) in [5, 5.41) is 1.26. The molecule has 0 aromatic heterocycles. The highest BCUT2D eigenvalue weighted by molar-refractivity contribution is 6.34. The first-order valence-electron chi connectivity index (χ1n) is 2.87. The number of hydrogen-bond acceptors (Lipinski definition) is 1. The van der Waals surface area contributed by atoms with Gasteiger partial charge < -0.3 is 5.73 Å². The van der Waals surface area contributed by atoms with Gasteiger partial charge in [-0.2, -0.15) is 0 Å². The van der Waals surface area contributed by atoms with Crippen LogP contribution in [-0.2, 0) is 6.54 Å². The Morgan fingerprint density at radius 2 is 1.60 bits per heavy atom. The Kier molecular flexibility index (Phi) is 2.55. The third kappa shape index (κ3) is 1.87. The number of hydrogen-bond donors (Lipinski definition) is 1. The lowest BCUT2D eigenvalue weighted by Crippen LogP contribution is -1.95. The van der Waals surface area contributed by atoms with Crippen molar-refractivity contribution in [3.8, 4) is 0 Å². The maximum absolute atomic E-state index is 5.69. The molecule has 1 aromatic carbocycles. The van der Waals surface area contributed by atoms with E-state index >= 15 is 0 Å². The molecule has 54 valence electrons. The molecule has 0 aliphatic heterocycles. The smallest absolute Gasteiger partial charge is 0.0424 e. The molecule has 0 saturated carbocycles. The van der Waals surface area contributed by atoms with Gasteiger partial charge >= 0.3 is 0 Å². The minimum Gasteiger partial charge on any atom is -0.326 e. The molecule has 0 fully saturated rings. The topological polar surface area (TPSA) is 26.0 Å². The molecule has 0 unspecified atom stereocenters. The van der Waals surface area contributed by atoms with Crippen molar-refractivity contribution in [2.24, 2.45) is 5.73 Å². The molecule has 0 saturated heterocycles. The van der Waals surface area contributed by atoms with E-state index in [-0.39, 0.29) is 0 Å². The van der Waals surface area contributed by atoms with Crippen LogP contribution in [0, 0.1) is 0 Å². The second-order valence-electron chi connectivity index (χ2n) is 1.98. The van der Waals surface area contributed by atoms with Crippen molar-refractivity contribution in [1.82, 2.24) is 0 Å². The van der Waals surface area contributed by atoms with Gasteiger partial charge in [0.25, 0.3) is 0 Å². The summed E-state index contributed by atoms with van der Waals surface area (Å²) in [7, 11) is 0. The molecule has 0 amide bonds. The van der Waals surface area contributed by atoms with Crippen molar-refractivity contribution >= 4 is 23.2 Å². The van der Waals surface area contributed by atoms with Crippen LogP contribution < -0.4 is 5.73 Å². The van der Waals surface area contributed by atoms with Gasteiger partial charge in [-0.1, -0.05) is 23.2 Å². The lowest BCUT2D eigenvalue weighted by molar-refractivity contribution is 1.07. The third-order valence-electron chi connectivity index (χ3n) is 1.16. The summed E-state index contributed by atoms with van der Waals surface area (Å²) in [5.74, 6) is 0. The Morgan fingerprint density at radius 3 is 2.00 bits per heavy atom. The molecular formula is C7H7Cl2N. The highest BCUT2D eigenvalue weighted by Gasteiger charge is 1.94. The Balaban J connectivity index is 3.06. The second kappa shape index (κ2) is 3.24. The van der Waals surface area contributed by atoms with Gasteiger partial charge in [-0.25, -0.2) is 0 Å². The van der Waals surface area contributed by atoms with Gasteiger partial charge in [0, 0.05) is 16.6 Å². The summed E-state index contributed by atoms with van der Waals surface area (Å²) in [6, 6.07) is 5.28. The fourth-order valence-electron chi connectivity index (χ4n) is 0.729. The molecule has 0 heterocycles. The summed E-state index contributed by atoms with van der Waals surface area (Å²) in [4.78, 5) is 0. The molecule has 3 heteroatoms. The average molecular weight is 182 g/mol. The van der Waals surface area contributed by atoms with Crippen molar-refractivity contribution in [2.75, 3.05) is 0 Å². The largest absolute Gasteiger partial charge is 0.326 e. The Hall–Kier alpha value is -0.240. The van der Waals surface area contributed by atoms with Crippen LogP contribution >= 0.6 is 23.2 Å². The SMILES string of the molecule is NC[13c]1[13cH][13c](Cl)[13cH][13c](Cl)[13cH]1. The molecule has 0 aliphatic carbocycles. The predicted octanol–water partition coefficient (Wildman–Crippen LogP) is 2.45. The Bertz CT molecular complexity index is 215. The zero-order valence-electron chi connectivity index (χ0n) is 5.27. The maximum Gasteiger partial charge on any atom is 0.0424 e. The summed E-state index contributed by atoms with van der Waals surface area (Å²) in [6.45, 7) is 0.472. The van der Waals surface area contributed by atoms with Crippen molar-refractivity contribution in [2.45, 2.75) is 6.54 Å². The second-order valence-corrected chi connectivity index (χ2v) is 2.85. The van der Waals surface area contributed by atoms with Crippen LogP contribution in [0.4, 0.5) is 0 Å². The zero-order chi connectivity index (χ0) is 7.56. The first kappa shape index (κ1) is 7.86. The molecule has 1 rings (SSSR count). The first-order valence-corrected chi connectivity index (χ1v) is 3.63. The number of benzene rings is 1. The highest BCUT2D eigenvalue weighted by atomic mass is 35.5. The van der Waals surface area contributed by atoms with Crippen LogP contribution in [0.15, 0.2) is 18.2 Å². The van der Waals surface area contributed by atoms with Gasteiger partial charge in [-0.3, -0.25) is 0 Å². The monoisotopic (exact) mass is 181 g/mol. The maximum atomic E-state index is 5.69. The van der Waals surface area contributed by atoms with Crippen LogP contribution in [-0.4, -0.2) is 0 Å². The van der Waals surface area contributed by atoms with Crippen LogP contribution in [0.2, 0.25) is 10.0 Å². The molecule has 0 radical (unpaired) electrons. The molecule has 2 N–H and O–H groups in total. The lowest BCUT2D eigenvalue weighted by atomic mass is 10.9. The summed E-state index contributed by atoms with van der Waals surface area (Å²) < 4.78 is 0. The minimum atomic E-state index is 0.472. The van der Waals surface area contributed by atoms with Crippen LogP contribution in [0.25, 0.3) is 0 Å². The quantitative estimate of drug-likeness (QED) is 0.709.